The van der Waals surface area contributed by atoms with Crippen molar-refractivity contribution in [1.29, 1.82) is 0 Å². The van der Waals surface area contributed by atoms with Crippen LogP contribution in [0.5, 0.6) is 17.2 Å². The molecule has 142 valence electrons. The fourth-order valence-corrected chi connectivity index (χ4v) is 3.60. The van der Waals surface area contributed by atoms with Gasteiger partial charge in [-0.05, 0) is 18.1 Å². The maximum Gasteiger partial charge on any atom is 0.323 e. The molecule has 0 aliphatic heterocycles. The van der Waals surface area contributed by atoms with Gasteiger partial charge in [-0.2, -0.15) is 0 Å². The number of ether oxygens (including phenoxy) is 5. The van der Waals surface area contributed by atoms with Gasteiger partial charge in [0, 0.05) is 17.9 Å². The Kier molecular flexibility index (Phi) is 5.79. The molecule has 0 N–H and O–H groups in total. The van der Waals surface area contributed by atoms with E-state index in [2.05, 4.69) is 6.58 Å². The van der Waals surface area contributed by atoms with E-state index in [-0.39, 0.29) is 18.8 Å². The van der Waals surface area contributed by atoms with Crippen molar-refractivity contribution in [1.82, 2.24) is 0 Å². The minimum atomic E-state index is -1.48. The van der Waals surface area contributed by atoms with Crippen molar-refractivity contribution in [2.24, 2.45) is 5.41 Å². The number of hydrogen-bond donors (Lipinski definition) is 0. The SMILES string of the molecule is C=CC1CC(C(=O)OC)(C(=O)OC)Cc2c1cc(OC)c(OC)c2OC. The molecule has 0 spiro atoms. The van der Waals surface area contributed by atoms with Crippen LogP contribution < -0.4 is 14.2 Å². The van der Waals surface area contributed by atoms with Crippen LogP contribution in [0, 0.1) is 5.41 Å². The summed E-state index contributed by atoms with van der Waals surface area (Å²) in [6, 6.07) is 1.82. The first-order valence-corrected chi connectivity index (χ1v) is 8.05. The van der Waals surface area contributed by atoms with Crippen LogP contribution in [0.25, 0.3) is 0 Å². The molecule has 1 aromatic carbocycles. The zero-order valence-electron chi connectivity index (χ0n) is 15.7. The summed E-state index contributed by atoms with van der Waals surface area (Å²) < 4.78 is 26.2. The molecule has 1 aromatic rings. The molecule has 0 saturated carbocycles. The molecule has 0 amide bonds. The molecule has 0 radical (unpaired) electrons. The second-order valence-electron chi connectivity index (χ2n) is 6.00. The molecule has 1 aliphatic rings. The predicted octanol–water partition coefficient (Wildman–Crippen LogP) is 2.26. The van der Waals surface area contributed by atoms with Crippen LogP contribution in [0.4, 0.5) is 0 Å². The molecule has 0 bridgehead atoms. The standard InChI is InChI=1S/C19H24O7/c1-7-11-9-19(17(20)25-5,18(21)26-6)10-13-12(11)8-14(22-2)16(24-4)15(13)23-3/h7-8,11H,1,9-10H2,2-6H3. The Hall–Kier alpha value is -2.70. The zero-order valence-corrected chi connectivity index (χ0v) is 15.7. The van der Waals surface area contributed by atoms with E-state index in [0.717, 1.165) is 5.56 Å². The first-order chi connectivity index (χ1) is 12.4. The van der Waals surface area contributed by atoms with Crippen LogP contribution in [0.1, 0.15) is 23.5 Å². The van der Waals surface area contributed by atoms with E-state index in [1.165, 1.54) is 35.5 Å². The van der Waals surface area contributed by atoms with Crippen LogP contribution in [-0.4, -0.2) is 47.5 Å². The predicted molar refractivity (Wildman–Crippen MR) is 93.8 cm³/mol. The molecule has 7 heteroatoms. The Morgan fingerprint density at radius 3 is 2.04 bits per heavy atom. The molecule has 1 aliphatic carbocycles. The van der Waals surface area contributed by atoms with Gasteiger partial charge in [0.2, 0.25) is 5.75 Å². The number of fused-ring (bicyclic) bond motifs is 1. The lowest BCUT2D eigenvalue weighted by atomic mass is 9.66. The van der Waals surface area contributed by atoms with Gasteiger partial charge >= 0.3 is 11.9 Å². The Labute approximate surface area is 152 Å². The molecule has 26 heavy (non-hydrogen) atoms. The second kappa shape index (κ2) is 7.68. The van der Waals surface area contributed by atoms with Gasteiger partial charge in [0.05, 0.1) is 35.5 Å². The van der Waals surface area contributed by atoms with Gasteiger partial charge in [-0.3, -0.25) is 9.59 Å². The van der Waals surface area contributed by atoms with Crippen LogP contribution >= 0.6 is 0 Å². The normalized spacial score (nSPS) is 17.5. The lowest BCUT2D eigenvalue weighted by molar-refractivity contribution is -0.170. The van der Waals surface area contributed by atoms with E-state index >= 15 is 0 Å². The number of rotatable bonds is 6. The number of esters is 2. The smallest absolute Gasteiger partial charge is 0.323 e. The first-order valence-electron chi connectivity index (χ1n) is 8.05. The van der Waals surface area contributed by atoms with E-state index in [9.17, 15) is 9.59 Å². The second-order valence-corrected chi connectivity index (χ2v) is 6.00. The van der Waals surface area contributed by atoms with Crippen molar-refractivity contribution in [3.05, 3.63) is 29.8 Å². The average Bonchev–Trinajstić information content (AvgIpc) is 2.69. The van der Waals surface area contributed by atoms with Gasteiger partial charge in [-0.15, -0.1) is 6.58 Å². The van der Waals surface area contributed by atoms with Gasteiger partial charge in [-0.1, -0.05) is 6.08 Å². The minimum Gasteiger partial charge on any atom is -0.493 e. The van der Waals surface area contributed by atoms with Crippen LogP contribution in [0.3, 0.4) is 0 Å². The molecule has 0 saturated heterocycles. The van der Waals surface area contributed by atoms with Crippen LogP contribution in [0.2, 0.25) is 0 Å². The van der Waals surface area contributed by atoms with Crippen molar-refractivity contribution < 1.29 is 33.3 Å². The summed E-state index contributed by atoms with van der Waals surface area (Å²) in [5.41, 5.74) is 0.0393. The molecular weight excluding hydrogens is 340 g/mol. The van der Waals surface area contributed by atoms with Gasteiger partial charge in [-0.25, -0.2) is 0 Å². The molecule has 0 heterocycles. The Balaban J connectivity index is 2.79. The fourth-order valence-electron chi connectivity index (χ4n) is 3.60. The van der Waals surface area contributed by atoms with E-state index in [4.69, 9.17) is 23.7 Å². The van der Waals surface area contributed by atoms with Crippen molar-refractivity contribution in [3.63, 3.8) is 0 Å². The topological polar surface area (TPSA) is 80.3 Å². The van der Waals surface area contributed by atoms with Gasteiger partial charge in [0.1, 0.15) is 0 Å². The molecule has 0 aromatic heterocycles. The van der Waals surface area contributed by atoms with Crippen molar-refractivity contribution in [3.8, 4) is 17.2 Å². The fraction of sp³-hybridized carbons (Fsp3) is 0.474. The highest BCUT2D eigenvalue weighted by Gasteiger charge is 2.53. The summed E-state index contributed by atoms with van der Waals surface area (Å²) in [7, 11) is 7.01. The molecular formula is C19H24O7. The third-order valence-corrected chi connectivity index (χ3v) is 4.85. The highest BCUT2D eigenvalue weighted by atomic mass is 16.5. The lowest BCUT2D eigenvalue weighted by Crippen LogP contribution is -2.46. The third-order valence-electron chi connectivity index (χ3n) is 4.85. The number of carbonyl (C=O) groups excluding carboxylic acids is 2. The Bertz CT molecular complexity index is 707. The number of benzene rings is 1. The molecule has 1 atom stereocenters. The lowest BCUT2D eigenvalue weighted by Gasteiger charge is -2.37. The first kappa shape index (κ1) is 19.6. The van der Waals surface area contributed by atoms with Gasteiger partial charge in [0.25, 0.3) is 0 Å². The Morgan fingerprint density at radius 1 is 1.04 bits per heavy atom. The summed E-state index contributed by atoms with van der Waals surface area (Å²) >= 11 is 0. The van der Waals surface area contributed by atoms with Gasteiger partial charge in [0.15, 0.2) is 16.9 Å². The number of hydrogen-bond acceptors (Lipinski definition) is 7. The van der Waals surface area contributed by atoms with E-state index in [1.807, 2.05) is 6.07 Å². The molecule has 2 rings (SSSR count). The summed E-state index contributed by atoms with van der Waals surface area (Å²) in [5.74, 6) is -0.311. The van der Waals surface area contributed by atoms with Gasteiger partial charge < -0.3 is 23.7 Å². The monoisotopic (exact) mass is 364 g/mol. The summed E-state index contributed by atoms with van der Waals surface area (Å²) in [5, 5.41) is 0. The average molecular weight is 364 g/mol. The summed E-state index contributed by atoms with van der Waals surface area (Å²) in [6.45, 7) is 3.86. The molecule has 1 unspecified atom stereocenters. The number of carbonyl (C=O) groups is 2. The summed E-state index contributed by atoms with van der Waals surface area (Å²) in [6.07, 6.45) is 1.93. The van der Waals surface area contributed by atoms with Crippen molar-refractivity contribution in [2.75, 3.05) is 35.5 Å². The van der Waals surface area contributed by atoms with Crippen LogP contribution in [-0.2, 0) is 25.5 Å². The number of methoxy groups -OCH3 is 5. The quantitative estimate of drug-likeness (QED) is 0.435. The molecule has 0 fully saturated rings. The Morgan fingerprint density at radius 2 is 1.62 bits per heavy atom. The third kappa shape index (κ3) is 2.87. The minimum absolute atomic E-state index is 0.0650. The van der Waals surface area contributed by atoms with E-state index in [0.29, 0.717) is 22.8 Å². The largest absolute Gasteiger partial charge is 0.493 e. The van der Waals surface area contributed by atoms with Crippen molar-refractivity contribution in [2.45, 2.75) is 18.8 Å². The highest BCUT2D eigenvalue weighted by Crippen LogP contribution is 2.52. The highest BCUT2D eigenvalue weighted by molar-refractivity contribution is 6.01. The summed E-state index contributed by atoms with van der Waals surface area (Å²) in [4.78, 5) is 25.2. The van der Waals surface area contributed by atoms with E-state index < -0.39 is 17.4 Å². The maximum atomic E-state index is 12.6. The molecule has 7 nitrogen and oxygen atoms in total. The maximum absolute atomic E-state index is 12.6. The zero-order chi connectivity index (χ0) is 19.5. The number of allylic oxidation sites excluding steroid dienone is 1. The van der Waals surface area contributed by atoms with Crippen molar-refractivity contribution >= 4 is 11.9 Å². The van der Waals surface area contributed by atoms with E-state index in [1.54, 1.807) is 6.08 Å². The van der Waals surface area contributed by atoms with Crippen LogP contribution in [0.15, 0.2) is 18.7 Å².